The molecule has 0 N–H and O–H groups in total. The summed E-state index contributed by atoms with van der Waals surface area (Å²) in [5, 5.41) is 20.9. The Balaban J connectivity index is 1.72. The van der Waals surface area contributed by atoms with Crippen molar-refractivity contribution in [1.29, 1.82) is 5.26 Å². The number of hydrogen-bond acceptors (Lipinski definition) is 7. The number of nitrogens with zero attached hydrogens (tertiary/aromatic N) is 2. The van der Waals surface area contributed by atoms with Crippen molar-refractivity contribution in [2.45, 2.75) is 32.5 Å². The maximum atomic E-state index is 13.9. The van der Waals surface area contributed by atoms with Gasteiger partial charge in [-0.15, -0.1) is 0 Å². The molecule has 10 heteroatoms. The van der Waals surface area contributed by atoms with Crippen LogP contribution in [0, 0.1) is 27.4 Å². The molecule has 0 bridgehead atoms. The van der Waals surface area contributed by atoms with Gasteiger partial charge in [-0.1, -0.05) is 50.2 Å². The van der Waals surface area contributed by atoms with Crippen LogP contribution in [0.5, 0.6) is 17.2 Å². The molecule has 0 saturated heterocycles. The zero-order chi connectivity index (χ0) is 26.3. The summed E-state index contributed by atoms with van der Waals surface area (Å²) in [5.41, 5.74) is -0.224. The first-order valence-electron chi connectivity index (χ1n) is 10.8. The lowest BCUT2D eigenvalue weighted by Crippen LogP contribution is -2.31. The number of esters is 1. The number of halogens is 2. The molecule has 0 aromatic heterocycles. The van der Waals surface area contributed by atoms with Crippen LogP contribution in [0.3, 0.4) is 0 Å². The van der Waals surface area contributed by atoms with Crippen molar-refractivity contribution in [1.82, 2.24) is 0 Å². The van der Waals surface area contributed by atoms with Crippen LogP contribution in [0.4, 0.5) is 14.5 Å². The number of rotatable bonds is 10. The van der Waals surface area contributed by atoms with Gasteiger partial charge in [0.05, 0.1) is 17.3 Å². The number of nitro benzene ring substituents is 1. The Morgan fingerprint density at radius 3 is 2.39 bits per heavy atom. The Morgan fingerprint density at radius 1 is 1.06 bits per heavy atom. The van der Waals surface area contributed by atoms with E-state index >= 15 is 0 Å². The SMILES string of the molecule is CC(C)C(F)(F)Oc1ccc(CC(=O)OC(C#N)c2cccc(Oc3ccccc3)c2)cc1[N+](=O)[O-]. The third-order valence-corrected chi connectivity index (χ3v) is 4.99. The first kappa shape index (κ1) is 26.1. The molecule has 0 amide bonds. The number of carbonyl (C=O) groups is 1. The molecule has 0 aliphatic carbocycles. The van der Waals surface area contributed by atoms with Crippen LogP contribution >= 0.6 is 0 Å². The molecular weight excluding hydrogens is 474 g/mol. The fourth-order valence-corrected chi connectivity index (χ4v) is 3.04. The highest BCUT2D eigenvalue weighted by molar-refractivity contribution is 5.73. The summed E-state index contributed by atoms with van der Waals surface area (Å²) in [4.78, 5) is 23.0. The van der Waals surface area contributed by atoms with Crippen molar-refractivity contribution in [2.24, 2.45) is 5.92 Å². The highest BCUT2D eigenvalue weighted by atomic mass is 19.3. The second kappa shape index (κ2) is 11.3. The molecule has 1 atom stereocenters. The number of para-hydroxylation sites is 1. The van der Waals surface area contributed by atoms with Gasteiger partial charge < -0.3 is 14.2 Å². The first-order chi connectivity index (χ1) is 17.1. The van der Waals surface area contributed by atoms with Crippen LogP contribution < -0.4 is 9.47 Å². The van der Waals surface area contributed by atoms with Crippen LogP contribution in [0.1, 0.15) is 31.1 Å². The van der Waals surface area contributed by atoms with Crippen molar-refractivity contribution in [3.63, 3.8) is 0 Å². The van der Waals surface area contributed by atoms with Crippen molar-refractivity contribution in [3.05, 3.63) is 94.0 Å². The molecule has 186 valence electrons. The van der Waals surface area contributed by atoms with Gasteiger partial charge in [0.15, 0.2) is 0 Å². The normalized spacial score (nSPS) is 11.9. The predicted molar refractivity (Wildman–Crippen MR) is 125 cm³/mol. The zero-order valence-electron chi connectivity index (χ0n) is 19.4. The topological polar surface area (TPSA) is 112 Å². The van der Waals surface area contributed by atoms with Gasteiger partial charge in [-0.3, -0.25) is 14.9 Å². The number of carbonyl (C=O) groups excluding carboxylic acids is 1. The molecule has 0 fully saturated rings. The molecule has 3 aromatic carbocycles. The molecule has 0 saturated carbocycles. The zero-order valence-corrected chi connectivity index (χ0v) is 19.4. The molecular formula is C26H22F2N2O6. The van der Waals surface area contributed by atoms with E-state index in [1.54, 1.807) is 48.5 Å². The predicted octanol–water partition coefficient (Wildman–Crippen LogP) is 6.37. The van der Waals surface area contributed by atoms with Crippen molar-refractivity contribution in [3.8, 4) is 23.3 Å². The Kier molecular flexibility index (Phi) is 8.17. The molecule has 36 heavy (non-hydrogen) atoms. The minimum Gasteiger partial charge on any atom is -0.457 e. The summed E-state index contributed by atoms with van der Waals surface area (Å²) in [7, 11) is 0. The van der Waals surface area contributed by atoms with Gasteiger partial charge in [0.2, 0.25) is 11.9 Å². The van der Waals surface area contributed by atoms with E-state index in [0.717, 1.165) is 12.1 Å². The van der Waals surface area contributed by atoms with Crippen LogP contribution in [-0.4, -0.2) is 17.0 Å². The molecule has 0 radical (unpaired) electrons. The van der Waals surface area contributed by atoms with E-state index in [2.05, 4.69) is 4.74 Å². The lowest BCUT2D eigenvalue weighted by molar-refractivity contribution is -0.387. The summed E-state index contributed by atoms with van der Waals surface area (Å²) < 4.78 is 43.4. The maximum absolute atomic E-state index is 13.9. The Labute approximate surface area is 205 Å². The summed E-state index contributed by atoms with van der Waals surface area (Å²) in [6.07, 6.45) is -5.32. The first-order valence-corrected chi connectivity index (χ1v) is 10.8. The van der Waals surface area contributed by atoms with Gasteiger partial charge in [-0.05, 0) is 35.9 Å². The van der Waals surface area contributed by atoms with E-state index in [1.165, 1.54) is 19.9 Å². The smallest absolute Gasteiger partial charge is 0.400 e. The molecule has 0 heterocycles. The average Bonchev–Trinajstić information content (AvgIpc) is 2.84. The number of nitro groups is 1. The fraction of sp³-hybridized carbons (Fsp3) is 0.231. The Hall–Kier alpha value is -4.52. The van der Waals surface area contributed by atoms with Crippen LogP contribution in [0.15, 0.2) is 72.8 Å². The van der Waals surface area contributed by atoms with E-state index in [4.69, 9.17) is 9.47 Å². The van der Waals surface area contributed by atoms with Crippen molar-refractivity contribution in [2.75, 3.05) is 0 Å². The number of nitriles is 1. The standard InChI is InChI=1S/C26H22F2N2O6/c1-17(2)26(27,28)36-23-12-11-18(13-22(23)30(32)33)14-25(31)35-24(16-29)19-7-6-10-21(15-19)34-20-8-4-3-5-9-20/h3-13,15,17,24H,14H2,1-2H3. The second-order valence-electron chi connectivity index (χ2n) is 8.04. The quantitative estimate of drug-likeness (QED) is 0.182. The highest BCUT2D eigenvalue weighted by Gasteiger charge is 2.38. The molecule has 3 aromatic rings. The molecule has 3 rings (SSSR count). The lowest BCUT2D eigenvalue weighted by atomic mass is 10.1. The fourth-order valence-electron chi connectivity index (χ4n) is 3.04. The summed E-state index contributed by atoms with van der Waals surface area (Å²) in [6.45, 7) is 2.43. The van der Waals surface area contributed by atoms with Gasteiger partial charge in [0, 0.05) is 11.6 Å². The Bertz CT molecular complexity index is 1270. The largest absolute Gasteiger partial charge is 0.457 e. The molecule has 0 aliphatic heterocycles. The molecule has 8 nitrogen and oxygen atoms in total. The van der Waals surface area contributed by atoms with Crippen LogP contribution in [-0.2, 0) is 16.0 Å². The van der Waals surface area contributed by atoms with Gasteiger partial charge in [-0.25, -0.2) is 0 Å². The van der Waals surface area contributed by atoms with Gasteiger partial charge in [-0.2, -0.15) is 14.0 Å². The van der Waals surface area contributed by atoms with Crippen molar-refractivity contribution >= 4 is 11.7 Å². The van der Waals surface area contributed by atoms with E-state index in [9.17, 15) is 29.0 Å². The summed E-state index contributed by atoms with van der Waals surface area (Å²) in [6, 6.07) is 20.5. The average molecular weight is 496 g/mol. The van der Waals surface area contributed by atoms with Gasteiger partial charge in [0.25, 0.3) is 0 Å². The van der Waals surface area contributed by atoms with Crippen LogP contribution in [0.2, 0.25) is 0 Å². The Morgan fingerprint density at radius 2 is 1.75 bits per heavy atom. The number of hydrogen-bond donors (Lipinski definition) is 0. The number of benzene rings is 3. The van der Waals surface area contributed by atoms with E-state index < -0.39 is 46.9 Å². The monoisotopic (exact) mass is 496 g/mol. The summed E-state index contributed by atoms with van der Waals surface area (Å²) >= 11 is 0. The molecule has 0 aliphatic rings. The third kappa shape index (κ3) is 6.76. The maximum Gasteiger partial charge on any atom is 0.400 e. The minimum atomic E-state index is -3.62. The van der Waals surface area contributed by atoms with Crippen molar-refractivity contribution < 1.29 is 32.7 Å². The summed E-state index contributed by atoms with van der Waals surface area (Å²) in [5.74, 6) is -1.67. The number of alkyl halides is 2. The molecule has 0 spiro atoms. The third-order valence-electron chi connectivity index (χ3n) is 4.99. The van der Waals surface area contributed by atoms with Gasteiger partial charge >= 0.3 is 17.8 Å². The van der Waals surface area contributed by atoms with E-state index in [1.807, 2.05) is 12.1 Å². The number of ether oxygens (including phenoxy) is 3. The minimum absolute atomic E-state index is 0.129. The van der Waals surface area contributed by atoms with Gasteiger partial charge in [0.1, 0.15) is 17.6 Å². The molecule has 1 unspecified atom stereocenters. The van der Waals surface area contributed by atoms with E-state index in [0.29, 0.717) is 17.1 Å². The second-order valence-corrected chi connectivity index (χ2v) is 8.04. The highest BCUT2D eigenvalue weighted by Crippen LogP contribution is 2.35. The van der Waals surface area contributed by atoms with E-state index in [-0.39, 0.29) is 5.56 Å². The van der Waals surface area contributed by atoms with Crippen LogP contribution in [0.25, 0.3) is 0 Å². The lowest BCUT2D eigenvalue weighted by Gasteiger charge is -2.21.